The lowest BCUT2D eigenvalue weighted by Gasteiger charge is -2.34. The predicted octanol–water partition coefficient (Wildman–Crippen LogP) is 2.14. The van der Waals surface area contributed by atoms with Crippen LogP contribution in [0.1, 0.15) is 28.4 Å². The van der Waals surface area contributed by atoms with Gasteiger partial charge in [-0.3, -0.25) is 18.7 Å². The summed E-state index contributed by atoms with van der Waals surface area (Å²) in [6.45, 7) is 4.73. The number of hydrogen-bond donors (Lipinski definition) is 2. The topological polar surface area (TPSA) is 95.7 Å². The third-order valence-corrected chi connectivity index (χ3v) is 7.23. The second-order valence-electron chi connectivity index (χ2n) is 7.74. The summed E-state index contributed by atoms with van der Waals surface area (Å²) in [5.74, 6) is -0.517. The van der Waals surface area contributed by atoms with E-state index in [2.05, 4.69) is 10.2 Å². The average Bonchev–Trinajstić information content (AvgIpc) is 2.83. The summed E-state index contributed by atoms with van der Waals surface area (Å²) in [4.78, 5) is 28.7. The molecule has 1 saturated heterocycles. The lowest BCUT2D eigenvalue weighted by Crippen LogP contribution is -2.49. The Balaban J connectivity index is 1.60. The number of carbonyl (C=O) groups excluding carboxylic acids is 2. The first-order chi connectivity index (χ1) is 15.8. The molecule has 0 bridgehead atoms. The molecule has 1 aliphatic heterocycles. The van der Waals surface area contributed by atoms with Crippen molar-refractivity contribution in [1.82, 2.24) is 15.1 Å². The fourth-order valence-corrected chi connectivity index (χ4v) is 4.83. The van der Waals surface area contributed by atoms with Crippen molar-refractivity contribution in [3.05, 3.63) is 63.9 Å². The Kier molecular flexibility index (Phi) is 8.96. The summed E-state index contributed by atoms with van der Waals surface area (Å²) in [5, 5.41) is 3.24. The van der Waals surface area contributed by atoms with Crippen molar-refractivity contribution in [2.45, 2.75) is 24.9 Å². The third kappa shape index (κ3) is 6.60. The van der Waals surface area contributed by atoms with Crippen molar-refractivity contribution >= 4 is 34.2 Å². The molecule has 1 heterocycles. The number of piperazine rings is 1. The van der Waals surface area contributed by atoms with Crippen LogP contribution in [0.15, 0.2) is 41.3 Å². The van der Waals surface area contributed by atoms with Crippen LogP contribution in [-0.2, 0) is 28.7 Å². The second-order valence-corrected chi connectivity index (χ2v) is 9.88. The quantitative estimate of drug-likeness (QED) is 0.586. The highest BCUT2D eigenvalue weighted by Crippen LogP contribution is 2.20. The number of nitrogens with zero attached hydrogens (tertiary/aromatic N) is 2. The van der Waals surface area contributed by atoms with E-state index in [1.165, 1.54) is 6.07 Å². The van der Waals surface area contributed by atoms with E-state index in [1.54, 1.807) is 35.2 Å². The minimum absolute atomic E-state index is 0.00671. The minimum Gasteiger partial charge on any atom is -0.348 e. The molecule has 178 valence electrons. The molecule has 7 nitrogen and oxygen atoms in total. The van der Waals surface area contributed by atoms with Gasteiger partial charge in [-0.05, 0) is 35.9 Å². The number of benzene rings is 2. The molecule has 1 aliphatic rings. The van der Waals surface area contributed by atoms with Crippen molar-refractivity contribution in [2.75, 3.05) is 38.5 Å². The largest absolute Gasteiger partial charge is 0.348 e. The summed E-state index contributed by atoms with van der Waals surface area (Å²) < 4.78 is 27.0. The highest BCUT2D eigenvalue weighted by Gasteiger charge is 2.21. The molecule has 2 aromatic rings. The molecule has 1 atom stereocenters. The van der Waals surface area contributed by atoms with Gasteiger partial charge in [0, 0.05) is 66.1 Å². The summed E-state index contributed by atoms with van der Waals surface area (Å²) in [7, 11) is -1.19. The first-order valence-electron chi connectivity index (χ1n) is 10.8. The van der Waals surface area contributed by atoms with Gasteiger partial charge in [0.25, 0.3) is 5.91 Å². The zero-order chi connectivity index (χ0) is 24.0. The zero-order valence-electron chi connectivity index (χ0n) is 18.5. The van der Waals surface area contributed by atoms with Gasteiger partial charge in [-0.2, -0.15) is 0 Å². The number of halogens is 2. The Bertz CT molecular complexity index is 1040. The van der Waals surface area contributed by atoms with Gasteiger partial charge in [0.1, 0.15) is 5.82 Å². The molecule has 0 saturated carbocycles. The van der Waals surface area contributed by atoms with Crippen LogP contribution < -0.4 is 11.1 Å². The monoisotopic (exact) mass is 494 g/mol. The molecule has 0 radical (unpaired) electrons. The van der Waals surface area contributed by atoms with E-state index in [0.717, 1.165) is 0 Å². The molecule has 0 aromatic heterocycles. The Hall–Kier alpha value is -2.33. The molecular weight excluding hydrogens is 467 g/mol. The van der Waals surface area contributed by atoms with Crippen molar-refractivity contribution in [2.24, 2.45) is 5.73 Å². The van der Waals surface area contributed by atoms with Gasteiger partial charge < -0.3 is 16.0 Å². The number of rotatable bonds is 8. The van der Waals surface area contributed by atoms with Gasteiger partial charge in [-0.1, -0.05) is 24.6 Å². The first-order valence-corrected chi connectivity index (χ1v) is 12.5. The van der Waals surface area contributed by atoms with E-state index < -0.39 is 22.5 Å². The number of amides is 2. The van der Waals surface area contributed by atoms with Crippen LogP contribution in [0.5, 0.6) is 0 Å². The number of nitrogens with one attached hydrogen (secondary N) is 1. The predicted molar refractivity (Wildman–Crippen MR) is 127 cm³/mol. The minimum atomic E-state index is -1.19. The van der Waals surface area contributed by atoms with Crippen LogP contribution in [0, 0.1) is 5.82 Å². The van der Waals surface area contributed by atoms with Gasteiger partial charge in [0.05, 0.1) is 17.3 Å². The Labute approximate surface area is 200 Å². The number of hydrogen-bond acceptors (Lipinski definition) is 5. The first kappa shape index (κ1) is 25.3. The van der Waals surface area contributed by atoms with Gasteiger partial charge in [0.15, 0.2) is 0 Å². The van der Waals surface area contributed by atoms with Crippen LogP contribution >= 0.6 is 11.6 Å². The smallest absolute Gasteiger partial charge is 0.251 e. The third-order valence-electron chi connectivity index (χ3n) is 5.58. The van der Waals surface area contributed by atoms with E-state index in [9.17, 15) is 18.2 Å². The SMILES string of the molecule is CCS(=O)c1ccc(Cl)cc1CNC(=O)c1ccc(CN2CCN(C(=O)CN)CC2)c(F)c1. The summed E-state index contributed by atoms with van der Waals surface area (Å²) in [6, 6.07) is 9.46. The van der Waals surface area contributed by atoms with Crippen molar-refractivity contribution < 1.29 is 18.2 Å². The van der Waals surface area contributed by atoms with E-state index in [-0.39, 0.29) is 24.6 Å². The van der Waals surface area contributed by atoms with E-state index >= 15 is 0 Å². The molecule has 1 fully saturated rings. The van der Waals surface area contributed by atoms with Crippen molar-refractivity contribution in [3.63, 3.8) is 0 Å². The summed E-state index contributed by atoms with van der Waals surface area (Å²) in [6.07, 6.45) is 0. The molecular formula is C23H28ClFN4O3S. The molecule has 33 heavy (non-hydrogen) atoms. The fourth-order valence-electron chi connectivity index (χ4n) is 3.68. The van der Waals surface area contributed by atoms with E-state index in [0.29, 0.717) is 59.5 Å². The summed E-state index contributed by atoms with van der Waals surface area (Å²) >= 11 is 6.06. The molecule has 0 spiro atoms. The van der Waals surface area contributed by atoms with E-state index in [1.807, 2.05) is 6.92 Å². The number of nitrogens with two attached hydrogens (primary N) is 1. The Morgan fingerprint density at radius 1 is 1.12 bits per heavy atom. The van der Waals surface area contributed by atoms with Crippen LogP contribution in [0.4, 0.5) is 4.39 Å². The number of carbonyl (C=O) groups is 2. The van der Waals surface area contributed by atoms with Crippen LogP contribution in [0.2, 0.25) is 5.02 Å². The molecule has 0 aliphatic carbocycles. The maximum Gasteiger partial charge on any atom is 0.251 e. The molecule has 10 heteroatoms. The Morgan fingerprint density at radius 2 is 1.85 bits per heavy atom. The lowest BCUT2D eigenvalue weighted by atomic mass is 10.1. The maximum absolute atomic E-state index is 14.7. The molecule has 3 rings (SSSR count). The van der Waals surface area contributed by atoms with Gasteiger partial charge in [-0.25, -0.2) is 4.39 Å². The van der Waals surface area contributed by atoms with Crippen LogP contribution in [0.25, 0.3) is 0 Å². The molecule has 1 unspecified atom stereocenters. The molecule has 3 N–H and O–H groups in total. The second kappa shape index (κ2) is 11.7. The van der Waals surface area contributed by atoms with Gasteiger partial charge in [-0.15, -0.1) is 0 Å². The standard InChI is InChI=1S/C23H28ClFN4O3S/c1-2-33(32)21-6-5-19(24)11-18(21)14-27-23(31)16-3-4-17(20(25)12-16)15-28-7-9-29(10-8-28)22(30)13-26/h3-6,11-12H,2,7-10,13-15,26H2,1H3,(H,27,31). The molecule has 2 aromatic carbocycles. The van der Waals surface area contributed by atoms with Gasteiger partial charge >= 0.3 is 0 Å². The van der Waals surface area contributed by atoms with Crippen molar-refractivity contribution in [3.8, 4) is 0 Å². The van der Waals surface area contributed by atoms with Gasteiger partial charge in [0.2, 0.25) is 5.91 Å². The summed E-state index contributed by atoms with van der Waals surface area (Å²) in [5.41, 5.74) is 6.76. The highest BCUT2D eigenvalue weighted by molar-refractivity contribution is 7.85. The van der Waals surface area contributed by atoms with Crippen molar-refractivity contribution in [1.29, 1.82) is 0 Å². The molecule has 2 amide bonds. The normalized spacial score (nSPS) is 15.3. The lowest BCUT2D eigenvalue weighted by molar-refractivity contribution is -0.131. The van der Waals surface area contributed by atoms with Crippen LogP contribution in [0.3, 0.4) is 0 Å². The van der Waals surface area contributed by atoms with Crippen LogP contribution in [-0.4, -0.2) is 64.3 Å². The Morgan fingerprint density at radius 3 is 2.48 bits per heavy atom. The highest BCUT2D eigenvalue weighted by atomic mass is 35.5. The maximum atomic E-state index is 14.7. The zero-order valence-corrected chi connectivity index (χ0v) is 20.1. The fraction of sp³-hybridized carbons (Fsp3) is 0.391. The van der Waals surface area contributed by atoms with E-state index in [4.69, 9.17) is 17.3 Å². The average molecular weight is 495 g/mol.